The van der Waals surface area contributed by atoms with E-state index in [1.807, 2.05) is 91.0 Å². The van der Waals surface area contributed by atoms with Crippen molar-refractivity contribution in [3.05, 3.63) is 114 Å². The zero-order valence-electron chi connectivity index (χ0n) is 19.6. The molecule has 34 heavy (non-hydrogen) atoms. The molecule has 0 bridgehead atoms. The first-order valence-corrected chi connectivity index (χ1v) is 11.2. The number of para-hydroxylation sites is 1. The first-order valence-electron chi connectivity index (χ1n) is 11.2. The van der Waals surface area contributed by atoms with Crippen LogP contribution in [-0.4, -0.2) is 52.0 Å². The van der Waals surface area contributed by atoms with Crippen LogP contribution in [0.15, 0.2) is 91.0 Å². The van der Waals surface area contributed by atoms with Gasteiger partial charge in [-0.2, -0.15) is 5.10 Å². The summed E-state index contributed by atoms with van der Waals surface area (Å²) >= 11 is 0. The largest absolute Gasteiger partial charge is 1.00 e. The molecule has 0 spiro atoms. The first-order chi connectivity index (χ1) is 16.0. The van der Waals surface area contributed by atoms with Crippen molar-refractivity contribution in [3.63, 3.8) is 0 Å². The SMILES string of the molecule is C[N+](C)(CCCOc1ccccc1)Cc1nc(C(O)(c2ccccc2)c2ccccc2)n[nH]1.[Br-]. The zero-order chi connectivity index (χ0) is 23.2. The molecule has 178 valence electrons. The molecular formula is C27H31BrN4O2. The molecule has 4 aromatic rings. The Balaban J connectivity index is 0.00000324. The Morgan fingerprint density at radius 1 is 0.853 bits per heavy atom. The fourth-order valence-electron chi connectivity index (χ4n) is 4.00. The fourth-order valence-corrected chi connectivity index (χ4v) is 4.00. The van der Waals surface area contributed by atoms with Crippen molar-refractivity contribution < 1.29 is 31.3 Å². The van der Waals surface area contributed by atoms with Crippen molar-refractivity contribution in [1.82, 2.24) is 15.2 Å². The number of quaternary nitrogens is 1. The van der Waals surface area contributed by atoms with Gasteiger partial charge in [0.25, 0.3) is 0 Å². The quantitative estimate of drug-likeness (QED) is 0.242. The van der Waals surface area contributed by atoms with Gasteiger partial charge in [0, 0.05) is 6.42 Å². The second-order valence-electron chi connectivity index (χ2n) is 8.88. The van der Waals surface area contributed by atoms with E-state index in [1.54, 1.807) is 0 Å². The Kier molecular flexibility index (Phi) is 8.61. The summed E-state index contributed by atoms with van der Waals surface area (Å²) in [5, 5.41) is 19.3. The fraction of sp³-hybridized carbons (Fsp3) is 0.259. The van der Waals surface area contributed by atoms with Crippen molar-refractivity contribution in [2.75, 3.05) is 27.2 Å². The normalized spacial score (nSPS) is 11.6. The summed E-state index contributed by atoms with van der Waals surface area (Å²) in [5.74, 6) is 1.98. The van der Waals surface area contributed by atoms with E-state index in [4.69, 9.17) is 9.72 Å². The zero-order valence-corrected chi connectivity index (χ0v) is 21.1. The van der Waals surface area contributed by atoms with Crippen LogP contribution in [0.3, 0.4) is 0 Å². The Morgan fingerprint density at radius 3 is 1.94 bits per heavy atom. The van der Waals surface area contributed by atoms with Crippen LogP contribution >= 0.6 is 0 Å². The Labute approximate surface area is 211 Å². The van der Waals surface area contributed by atoms with Gasteiger partial charge in [-0.1, -0.05) is 78.9 Å². The Hall–Kier alpha value is -3.00. The number of aliphatic hydroxyl groups is 1. The number of halogens is 1. The highest BCUT2D eigenvalue weighted by Crippen LogP contribution is 2.34. The monoisotopic (exact) mass is 522 g/mol. The summed E-state index contributed by atoms with van der Waals surface area (Å²) < 4.78 is 6.54. The van der Waals surface area contributed by atoms with Crippen LogP contribution < -0.4 is 21.7 Å². The molecule has 0 amide bonds. The minimum Gasteiger partial charge on any atom is -1.00 e. The third-order valence-electron chi connectivity index (χ3n) is 5.74. The molecular weight excluding hydrogens is 492 g/mol. The average Bonchev–Trinajstić information content (AvgIpc) is 3.31. The number of ether oxygens (including phenoxy) is 1. The van der Waals surface area contributed by atoms with Crippen molar-refractivity contribution in [3.8, 4) is 5.75 Å². The number of aromatic nitrogens is 3. The molecule has 0 saturated carbocycles. The van der Waals surface area contributed by atoms with Gasteiger partial charge >= 0.3 is 0 Å². The van der Waals surface area contributed by atoms with Crippen LogP contribution in [0.5, 0.6) is 5.75 Å². The Morgan fingerprint density at radius 2 is 1.38 bits per heavy atom. The van der Waals surface area contributed by atoms with E-state index in [0.717, 1.165) is 40.1 Å². The minimum atomic E-state index is -1.43. The summed E-state index contributed by atoms with van der Waals surface area (Å²) in [4.78, 5) is 4.73. The first kappa shape index (κ1) is 25.6. The number of nitrogens with one attached hydrogen (secondary N) is 1. The van der Waals surface area contributed by atoms with Gasteiger partial charge in [-0.15, -0.1) is 0 Å². The van der Waals surface area contributed by atoms with Crippen molar-refractivity contribution >= 4 is 0 Å². The molecule has 0 aliphatic rings. The van der Waals surface area contributed by atoms with Gasteiger partial charge in [0.15, 0.2) is 17.2 Å². The molecule has 2 N–H and O–H groups in total. The van der Waals surface area contributed by atoms with E-state index in [1.165, 1.54) is 0 Å². The maximum absolute atomic E-state index is 11.9. The number of nitrogens with zero attached hydrogens (tertiary/aromatic N) is 3. The molecule has 1 heterocycles. The Bertz CT molecular complexity index is 1100. The molecule has 1 aromatic heterocycles. The molecule has 0 atom stereocenters. The summed E-state index contributed by atoms with van der Waals surface area (Å²) in [6.45, 7) is 2.25. The number of aromatic amines is 1. The number of benzene rings is 3. The lowest BCUT2D eigenvalue weighted by atomic mass is 9.85. The maximum atomic E-state index is 11.9. The molecule has 0 aliphatic carbocycles. The second-order valence-corrected chi connectivity index (χ2v) is 8.88. The molecule has 0 radical (unpaired) electrons. The van der Waals surface area contributed by atoms with Gasteiger partial charge < -0.3 is 31.3 Å². The number of H-pyrrole nitrogens is 1. The van der Waals surface area contributed by atoms with Crippen molar-refractivity contribution in [1.29, 1.82) is 0 Å². The predicted molar refractivity (Wildman–Crippen MR) is 129 cm³/mol. The van der Waals surface area contributed by atoms with Crippen LogP contribution in [0.25, 0.3) is 0 Å². The number of rotatable bonds is 10. The van der Waals surface area contributed by atoms with Crippen LogP contribution in [0.1, 0.15) is 29.2 Å². The highest BCUT2D eigenvalue weighted by atomic mass is 79.9. The van der Waals surface area contributed by atoms with Gasteiger partial charge in [-0.3, -0.25) is 5.10 Å². The van der Waals surface area contributed by atoms with Gasteiger partial charge in [-0.05, 0) is 23.3 Å². The van der Waals surface area contributed by atoms with E-state index >= 15 is 0 Å². The summed E-state index contributed by atoms with van der Waals surface area (Å²) in [6.07, 6.45) is 0.918. The summed E-state index contributed by atoms with van der Waals surface area (Å²) in [5.41, 5.74) is 0.0277. The van der Waals surface area contributed by atoms with Crippen molar-refractivity contribution in [2.45, 2.75) is 18.6 Å². The standard InChI is InChI=1S/C27H31N4O2.BrH/c1-31(2,19-12-20-33-24-17-10-5-11-18-24)21-25-28-26(30-29-25)27(32,22-13-6-3-7-14-22)23-15-8-4-9-16-23;/h3-11,13-18,32H,12,19-21H2,1-2H3,(H,28,29,30);1H/q+1;/p-1. The van der Waals surface area contributed by atoms with Gasteiger partial charge in [0.1, 0.15) is 12.3 Å². The second kappa shape index (κ2) is 11.4. The van der Waals surface area contributed by atoms with E-state index < -0.39 is 5.60 Å². The van der Waals surface area contributed by atoms with E-state index in [-0.39, 0.29) is 17.0 Å². The lowest BCUT2D eigenvalue weighted by Crippen LogP contribution is -3.00. The van der Waals surface area contributed by atoms with E-state index in [0.29, 0.717) is 19.0 Å². The summed E-state index contributed by atoms with van der Waals surface area (Å²) in [6, 6.07) is 29.0. The predicted octanol–water partition coefficient (Wildman–Crippen LogP) is 1.14. The van der Waals surface area contributed by atoms with Crippen LogP contribution in [-0.2, 0) is 12.1 Å². The molecule has 4 rings (SSSR count). The van der Waals surface area contributed by atoms with Crippen LogP contribution in [0, 0.1) is 0 Å². The highest BCUT2D eigenvalue weighted by molar-refractivity contribution is 5.42. The summed E-state index contributed by atoms with van der Waals surface area (Å²) in [7, 11) is 4.32. The maximum Gasteiger partial charge on any atom is 0.191 e. The number of hydrogen-bond donors (Lipinski definition) is 2. The smallest absolute Gasteiger partial charge is 0.191 e. The highest BCUT2D eigenvalue weighted by Gasteiger charge is 2.38. The van der Waals surface area contributed by atoms with Crippen LogP contribution in [0.4, 0.5) is 0 Å². The van der Waals surface area contributed by atoms with E-state index in [2.05, 4.69) is 24.3 Å². The van der Waals surface area contributed by atoms with E-state index in [9.17, 15) is 5.11 Å². The molecule has 6 nitrogen and oxygen atoms in total. The average molecular weight is 523 g/mol. The molecule has 0 aliphatic heterocycles. The molecule has 0 unspecified atom stereocenters. The van der Waals surface area contributed by atoms with Crippen LogP contribution in [0.2, 0.25) is 0 Å². The number of hydrogen-bond acceptors (Lipinski definition) is 4. The molecule has 3 aromatic carbocycles. The molecule has 0 saturated heterocycles. The molecule has 7 heteroatoms. The van der Waals surface area contributed by atoms with Crippen molar-refractivity contribution in [2.24, 2.45) is 0 Å². The third-order valence-corrected chi connectivity index (χ3v) is 5.74. The third kappa shape index (κ3) is 6.11. The minimum absolute atomic E-state index is 0. The molecule has 0 fully saturated rings. The lowest BCUT2D eigenvalue weighted by molar-refractivity contribution is -0.904. The topological polar surface area (TPSA) is 71.0 Å². The van der Waals surface area contributed by atoms with Gasteiger partial charge in [0.05, 0.1) is 27.2 Å². The van der Waals surface area contributed by atoms with Gasteiger partial charge in [0.2, 0.25) is 0 Å². The van der Waals surface area contributed by atoms with Gasteiger partial charge in [-0.25, -0.2) is 4.98 Å². The lowest BCUT2D eigenvalue weighted by Gasteiger charge is -2.29.